The van der Waals surface area contributed by atoms with Crippen LogP contribution in [0.5, 0.6) is 17.2 Å². The second-order valence-corrected chi connectivity index (χ2v) is 7.89. The lowest BCUT2D eigenvalue weighted by atomic mass is 10.0. The summed E-state index contributed by atoms with van der Waals surface area (Å²) in [5, 5.41) is 0.950. The molecule has 6 nitrogen and oxygen atoms in total. The van der Waals surface area contributed by atoms with Gasteiger partial charge < -0.3 is 18.8 Å². The Hall–Kier alpha value is -4.32. The monoisotopic (exact) mass is 439 g/mol. The average Bonchev–Trinajstić information content (AvgIpc) is 3.30. The molecule has 1 aliphatic heterocycles. The number of aryl methyl sites for hydroxylation is 2. The lowest BCUT2D eigenvalue weighted by Gasteiger charge is -2.07. The van der Waals surface area contributed by atoms with E-state index in [0.29, 0.717) is 28.2 Å². The Kier molecular flexibility index (Phi) is 4.98. The number of allylic oxidation sites excluding steroid dienone is 1. The van der Waals surface area contributed by atoms with Crippen LogP contribution in [0.1, 0.15) is 31.8 Å². The normalized spacial score (nSPS) is 13.8. The van der Waals surface area contributed by atoms with Gasteiger partial charge in [-0.15, -0.1) is 0 Å². The molecule has 164 valence electrons. The maximum atomic E-state index is 13.1. The summed E-state index contributed by atoms with van der Waals surface area (Å²) in [5.74, 6) is 0.970. The lowest BCUT2D eigenvalue weighted by molar-refractivity contribution is 0.0734. The summed E-state index contributed by atoms with van der Waals surface area (Å²) in [7, 11) is 3.56. The molecule has 0 spiro atoms. The Labute approximate surface area is 190 Å². The van der Waals surface area contributed by atoms with Gasteiger partial charge in [0.1, 0.15) is 17.2 Å². The van der Waals surface area contributed by atoms with Crippen LogP contribution in [0.2, 0.25) is 0 Å². The molecule has 0 unspecified atom stereocenters. The third-order valence-electron chi connectivity index (χ3n) is 5.68. The van der Waals surface area contributed by atoms with Crippen LogP contribution in [0.25, 0.3) is 17.0 Å². The number of hydrogen-bond donors (Lipinski definition) is 0. The van der Waals surface area contributed by atoms with Gasteiger partial charge in [-0.05, 0) is 55.0 Å². The zero-order valence-corrected chi connectivity index (χ0v) is 18.4. The van der Waals surface area contributed by atoms with Gasteiger partial charge in [0, 0.05) is 35.8 Å². The minimum Gasteiger partial charge on any atom is -0.497 e. The van der Waals surface area contributed by atoms with Crippen LogP contribution in [-0.2, 0) is 7.05 Å². The van der Waals surface area contributed by atoms with Crippen molar-refractivity contribution >= 4 is 28.7 Å². The second kappa shape index (κ2) is 7.98. The number of nitrogens with zero attached hydrogens (tertiary/aromatic N) is 1. The highest BCUT2D eigenvalue weighted by atomic mass is 16.5. The summed E-state index contributed by atoms with van der Waals surface area (Å²) >= 11 is 0. The molecule has 3 aromatic carbocycles. The number of Topliss-reactive ketones (excluding diaryl/α,β-unsaturated/α-hetero) is 1. The van der Waals surface area contributed by atoms with Crippen LogP contribution >= 0.6 is 0 Å². The number of ketones is 1. The first-order chi connectivity index (χ1) is 15.9. The second-order valence-electron chi connectivity index (χ2n) is 7.89. The molecule has 2 heterocycles. The smallest absolute Gasteiger partial charge is 0.343 e. The van der Waals surface area contributed by atoms with Gasteiger partial charge in [-0.25, -0.2) is 4.79 Å². The number of rotatable bonds is 4. The summed E-state index contributed by atoms with van der Waals surface area (Å²) in [5.41, 5.74) is 3.45. The van der Waals surface area contributed by atoms with Gasteiger partial charge in [0.25, 0.3) is 0 Å². The Morgan fingerprint density at radius 2 is 1.82 bits per heavy atom. The zero-order valence-electron chi connectivity index (χ0n) is 18.4. The van der Waals surface area contributed by atoms with E-state index in [-0.39, 0.29) is 11.5 Å². The van der Waals surface area contributed by atoms with Crippen LogP contribution in [0.15, 0.2) is 72.6 Å². The molecule has 0 N–H and O–H groups in total. The summed E-state index contributed by atoms with van der Waals surface area (Å²) < 4.78 is 18.8. The highest BCUT2D eigenvalue weighted by Gasteiger charge is 2.30. The van der Waals surface area contributed by atoms with Gasteiger partial charge in [0.2, 0.25) is 5.78 Å². The first kappa shape index (κ1) is 20.6. The molecule has 1 aliphatic rings. The van der Waals surface area contributed by atoms with E-state index in [1.807, 2.05) is 42.1 Å². The first-order valence-corrected chi connectivity index (χ1v) is 10.4. The van der Waals surface area contributed by atoms with Crippen LogP contribution in [0, 0.1) is 6.92 Å². The number of benzene rings is 3. The van der Waals surface area contributed by atoms with Crippen molar-refractivity contribution in [3.8, 4) is 17.2 Å². The summed E-state index contributed by atoms with van der Waals surface area (Å²) in [6.07, 6.45) is 3.68. The van der Waals surface area contributed by atoms with Gasteiger partial charge in [0.05, 0.1) is 18.2 Å². The van der Waals surface area contributed by atoms with Crippen LogP contribution in [0.3, 0.4) is 0 Å². The molecule has 0 saturated heterocycles. The lowest BCUT2D eigenvalue weighted by Crippen LogP contribution is -2.08. The fraction of sp³-hybridized carbons (Fsp3) is 0.111. The van der Waals surface area contributed by atoms with Gasteiger partial charge >= 0.3 is 5.97 Å². The van der Waals surface area contributed by atoms with Crippen LogP contribution < -0.4 is 14.2 Å². The molecule has 5 rings (SSSR count). The van der Waals surface area contributed by atoms with Crippen molar-refractivity contribution in [1.82, 2.24) is 4.57 Å². The van der Waals surface area contributed by atoms with E-state index in [4.69, 9.17) is 14.2 Å². The molecule has 1 aromatic heterocycles. The molecule has 4 aromatic rings. The van der Waals surface area contributed by atoms with Crippen molar-refractivity contribution in [2.45, 2.75) is 6.92 Å². The van der Waals surface area contributed by atoms with Crippen molar-refractivity contribution in [2.24, 2.45) is 7.05 Å². The minimum atomic E-state index is -0.472. The third-order valence-corrected chi connectivity index (χ3v) is 5.68. The average molecular weight is 439 g/mol. The van der Waals surface area contributed by atoms with E-state index in [1.165, 1.54) is 0 Å². The van der Waals surface area contributed by atoms with E-state index in [2.05, 4.69) is 0 Å². The van der Waals surface area contributed by atoms with Gasteiger partial charge in [-0.3, -0.25) is 4.79 Å². The highest BCUT2D eigenvalue weighted by molar-refractivity contribution is 6.16. The Balaban J connectivity index is 1.48. The fourth-order valence-corrected chi connectivity index (χ4v) is 4.06. The van der Waals surface area contributed by atoms with Gasteiger partial charge in [-0.1, -0.05) is 18.2 Å². The number of esters is 1. The molecule has 0 saturated carbocycles. The van der Waals surface area contributed by atoms with Crippen molar-refractivity contribution in [1.29, 1.82) is 0 Å². The van der Waals surface area contributed by atoms with E-state index in [0.717, 1.165) is 22.2 Å². The molecular weight excluding hydrogens is 418 g/mol. The van der Waals surface area contributed by atoms with E-state index in [1.54, 1.807) is 56.5 Å². The summed E-state index contributed by atoms with van der Waals surface area (Å²) in [6, 6.07) is 17.8. The van der Waals surface area contributed by atoms with Crippen LogP contribution in [0.4, 0.5) is 0 Å². The Morgan fingerprint density at radius 1 is 1.03 bits per heavy atom. The number of aromatic nitrogens is 1. The molecule has 0 radical (unpaired) electrons. The predicted octanol–water partition coefficient (Wildman–Crippen LogP) is 5.33. The number of methoxy groups -OCH3 is 1. The predicted molar refractivity (Wildman–Crippen MR) is 125 cm³/mol. The van der Waals surface area contributed by atoms with Gasteiger partial charge in [0.15, 0.2) is 5.76 Å². The van der Waals surface area contributed by atoms with Crippen LogP contribution in [-0.4, -0.2) is 23.4 Å². The topological polar surface area (TPSA) is 66.8 Å². The quantitative estimate of drug-likeness (QED) is 0.244. The maximum absolute atomic E-state index is 13.1. The molecule has 6 heteroatoms. The number of carbonyl (C=O) groups is 2. The molecule has 0 aliphatic carbocycles. The standard InChI is InChI=1S/C27H21NO5/c1-16-11-20(32-27(30)17-7-5-4-6-8-17)14-23-25(16)26(29)24(33-23)12-18-15-28(2)22-10-9-19(31-3)13-21(18)22/h4-15H,1-3H3/b24-12-. The fourth-order valence-electron chi connectivity index (χ4n) is 4.06. The number of carbonyl (C=O) groups excluding carboxylic acids is 2. The van der Waals surface area contributed by atoms with E-state index >= 15 is 0 Å². The summed E-state index contributed by atoms with van der Waals surface area (Å²) in [4.78, 5) is 25.5. The highest BCUT2D eigenvalue weighted by Crippen LogP contribution is 2.38. The van der Waals surface area contributed by atoms with Crippen molar-refractivity contribution in [3.63, 3.8) is 0 Å². The number of hydrogen-bond acceptors (Lipinski definition) is 5. The van der Waals surface area contributed by atoms with Gasteiger partial charge in [-0.2, -0.15) is 0 Å². The SMILES string of the molecule is COc1ccc2c(c1)c(/C=C1\Oc3cc(OC(=O)c4ccccc4)cc(C)c3C1=O)cn2C. The summed E-state index contributed by atoms with van der Waals surface area (Å²) in [6.45, 7) is 1.80. The Bertz CT molecular complexity index is 1450. The molecule has 33 heavy (non-hydrogen) atoms. The largest absolute Gasteiger partial charge is 0.497 e. The Morgan fingerprint density at radius 3 is 2.58 bits per heavy atom. The minimum absolute atomic E-state index is 0.205. The molecule has 0 fully saturated rings. The maximum Gasteiger partial charge on any atom is 0.343 e. The van der Waals surface area contributed by atoms with Crippen molar-refractivity contribution < 1.29 is 23.8 Å². The molecule has 0 atom stereocenters. The van der Waals surface area contributed by atoms with E-state index < -0.39 is 5.97 Å². The number of ether oxygens (including phenoxy) is 3. The zero-order chi connectivity index (χ0) is 23.1. The molecular formula is C27H21NO5. The third kappa shape index (κ3) is 3.65. The van der Waals surface area contributed by atoms with Crippen molar-refractivity contribution in [3.05, 3.63) is 94.9 Å². The number of fused-ring (bicyclic) bond motifs is 2. The van der Waals surface area contributed by atoms with Crippen molar-refractivity contribution in [2.75, 3.05) is 7.11 Å². The molecule has 0 amide bonds. The first-order valence-electron chi connectivity index (χ1n) is 10.4. The van der Waals surface area contributed by atoms with E-state index in [9.17, 15) is 9.59 Å². The molecule has 0 bridgehead atoms.